The molecule has 1 aliphatic heterocycles. The van der Waals surface area contributed by atoms with E-state index in [2.05, 4.69) is 5.32 Å². The summed E-state index contributed by atoms with van der Waals surface area (Å²) < 4.78 is 14.3. The number of carboxylic acid groups (broad SMARTS) is 1. The summed E-state index contributed by atoms with van der Waals surface area (Å²) in [4.78, 5) is 10.3. The molecule has 0 saturated carbocycles. The zero-order chi connectivity index (χ0) is 7.72. The summed E-state index contributed by atoms with van der Waals surface area (Å²) in [5.74, 6) is -1.03. The predicted octanol–water partition coefficient (Wildman–Crippen LogP) is -0.177. The first-order valence-electron chi connectivity index (χ1n) is 3.59. The van der Waals surface area contributed by atoms with E-state index >= 15 is 0 Å². The number of carboxylic acids is 1. The van der Waals surface area contributed by atoms with Crippen molar-refractivity contribution in [1.82, 2.24) is 5.32 Å². The number of hydrogen-bond donors (Lipinski definition) is 2. The van der Waals surface area contributed by atoms with Crippen LogP contribution < -0.4 is 5.32 Å². The van der Waals surface area contributed by atoms with E-state index in [0.29, 0.717) is 6.54 Å². The molecule has 0 aromatic heterocycles. The second kappa shape index (κ2) is 2.13. The topological polar surface area (TPSA) is 49.3 Å². The molecule has 2 N–H and O–H groups in total. The van der Waals surface area contributed by atoms with Gasteiger partial charge in [0, 0.05) is 2.74 Å². The summed E-state index contributed by atoms with van der Waals surface area (Å²) in [7, 11) is 0. The van der Waals surface area contributed by atoms with Crippen molar-refractivity contribution in [2.24, 2.45) is 0 Å². The Balaban J connectivity index is 2.57. The minimum atomic E-state index is -1.03. The molecule has 0 aliphatic carbocycles. The Labute approximate surface area is 50.5 Å². The fraction of sp³-hybridized carbons (Fsp3) is 0.800. The van der Waals surface area contributed by atoms with Crippen LogP contribution in [0.5, 0.6) is 0 Å². The second-order valence-corrected chi connectivity index (χ2v) is 1.65. The van der Waals surface area contributed by atoms with Crippen molar-refractivity contribution in [3.05, 3.63) is 0 Å². The van der Waals surface area contributed by atoms with E-state index < -0.39 is 24.8 Å². The number of carbonyl (C=O) groups is 1. The predicted molar refractivity (Wildman–Crippen MR) is 28.7 cm³/mol. The highest BCUT2D eigenvalue weighted by molar-refractivity contribution is 5.73. The van der Waals surface area contributed by atoms with Crippen LogP contribution in [0.15, 0.2) is 0 Å². The Morgan fingerprint density at radius 1 is 2.00 bits per heavy atom. The Hall–Kier alpha value is -0.570. The van der Waals surface area contributed by atoms with Gasteiger partial charge in [-0.05, 0) is 19.3 Å². The van der Waals surface area contributed by atoms with Crippen LogP contribution in [0.2, 0.25) is 0 Å². The first-order valence-corrected chi connectivity index (χ1v) is 2.43. The van der Waals surface area contributed by atoms with Crippen molar-refractivity contribution >= 4 is 5.97 Å². The number of aliphatic carboxylic acids is 1. The van der Waals surface area contributed by atoms with Crippen LogP contribution in [0.25, 0.3) is 0 Å². The first-order chi connectivity index (χ1) is 4.63. The van der Waals surface area contributed by atoms with Gasteiger partial charge in [0.25, 0.3) is 0 Å². The molecular weight excluding hydrogens is 106 g/mol. The van der Waals surface area contributed by atoms with E-state index in [1.54, 1.807) is 0 Å². The van der Waals surface area contributed by atoms with Crippen molar-refractivity contribution in [3.8, 4) is 0 Å². The van der Waals surface area contributed by atoms with Crippen LogP contribution in [-0.2, 0) is 4.79 Å². The molecule has 0 aromatic rings. The van der Waals surface area contributed by atoms with Gasteiger partial charge in [0.1, 0.15) is 6.04 Å². The highest BCUT2D eigenvalue weighted by Gasteiger charge is 2.20. The number of rotatable bonds is 1. The summed E-state index contributed by atoms with van der Waals surface area (Å²) in [5.41, 5.74) is 0. The molecule has 0 bridgehead atoms. The molecule has 0 spiro atoms. The third-order valence-corrected chi connectivity index (χ3v) is 1.05. The van der Waals surface area contributed by atoms with E-state index in [4.69, 9.17) is 7.85 Å². The van der Waals surface area contributed by atoms with E-state index in [9.17, 15) is 4.79 Å². The molecule has 0 radical (unpaired) electrons. The Morgan fingerprint density at radius 3 is 3.00 bits per heavy atom. The van der Waals surface area contributed by atoms with Gasteiger partial charge in [-0.25, -0.2) is 0 Å². The van der Waals surface area contributed by atoms with Crippen LogP contribution in [0.1, 0.15) is 15.5 Å². The minimum Gasteiger partial charge on any atom is -0.480 e. The zero-order valence-electron chi connectivity index (χ0n) is 6.29. The third kappa shape index (κ3) is 0.980. The highest BCUT2D eigenvalue weighted by atomic mass is 16.4. The highest BCUT2D eigenvalue weighted by Crippen LogP contribution is 2.03. The maximum absolute atomic E-state index is 10.3. The molecule has 1 fully saturated rings. The quantitative estimate of drug-likeness (QED) is 0.501. The minimum absolute atomic E-state index is 0.311. The van der Waals surface area contributed by atoms with Crippen molar-refractivity contribution in [2.75, 3.05) is 6.54 Å². The lowest BCUT2D eigenvalue weighted by molar-refractivity contribution is -0.139. The molecule has 46 valence electrons. The van der Waals surface area contributed by atoms with Crippen LogP contribution >= 0.6 is 0 Å². The van der Waals surface area contributed by atoms with E-state index in [1.807, 2.05) is 0 Å². The van der Waals surface area contributed by atoms with E-state index in [0.717, 1.165) is 0 Å². The van der Waals surface area contributed by atoms with Gasteiger partial charge in [-0.3, -0.25) is 4.79 Å². The molecule has 1 rings (SSSR count). The largest absolute Gasteiger partial charge is 0.480 e. The van der Waals surface area contributed by atoms with E-state index in [-0.39, 0.29) is 0 Å². The molecule has 3 heteroatoms. The summed E-state index contributed by atoms with van der Waals surface area (Å²) in [6.07, 6.45) is -1.42. The number of nitrogens with one attached hydrogen (secondary N) is 1. The van der Waals surface area contributed by atoms with Crippen LogP contribution in [0.3, 0.4) is 0 Å². The molecule has 3 unspecified atom stereocenters. The second-order valence-electron chi connectivity index (χ2n) is 1.65. The fourth-order valence-electron chi connectivity index (χ4n) is 0.637. The smallest absolute Gasteiger partial charge is 0.320 e. The Kier molecular flexibility index (Phi) is 0.921. The van der Waals surface area contributed by atoms with Crippen LogP contribution in [-0.4, -0.2) is 23.7 Å². The van der Waals surface area contributed by atoms with Crippen molar-refractivity contribution in [2.45, 2.75) is 18.8 Å². The van der Waals surface area contributed by atoms with Gasteiger partial charge in [0.15, 0.2) is 0 Å². The normalized spacial score (nSPS) is 50.2. The third-order valence-electron chi connectivity index (χ3n) is 1.05. The van der Waals surface area contributed by atoms with Crippen LogP contribution in [0.4, 0.5) is 0 Å². The van der Waals surface area contributed by atoms with E-state index in [1.165, 1.54) is 0 Å². The molecule has 1 heterocycles. The monoisotopic (exact) mass is 117 g/mol. The van der Waals surface area contributed by atoms with Gasteiger partial charge < -0.3 is 10.4 Å². The standard InChI is InChI=1S/C5H9NO2/c7-5(8)4-2-1-3-6-4/h4,6H,1-3H2,(H,7,8)/i1D,2D. The Morgan fingerprint density at radius 2 is 2.75 bits per heavy atom. The molecular formula is C5H9NO2. The lowest BCUT2D eigenvalue weighted by Gasteiger charge is -1.99. The molecule has 0 amide bonds. The van der Waals surface area contributed by atoms with Gasteiger partial charge >= 0.3 is 5.97 Å². The summed E-state index contributed by atoms with van der Waals surface area (Å²) in [6.45, 7) is 0.311. The first kappa shape index (κ1) is 3.45. The van der Waals surface area contributed by atoms with Gasteiger partial charge in [-0.2, -0.15) is 0 Å². The fourth-order valence-corrected chi connectivity index (χ4v) is 0.637. The average molecular weight is 117 g/mol. The SMILES string of the molecule is [2H]C1CNC(C(=O)O)C1[2H]. The maximum Gasteiger partial charge on any atom is 0.320 e. The van der Waals surface area contributed by atoms with Gasteiger partial charge in [-0.15, -0.1) is 0 Å². The molecule has 8 heavy (non-hydrogen) atoms. The van der Waals surface area contributed by atoms with Gasteiger partial charge in [0.2, 0.25) is 0 Å². The average Bonchev–Trinajstić information content (AvgIpc) is 2.14. The lowest BCUT2D eigenvalue weighted by Crippen LogP contribution is -2.29. The summed E-state index contributed by atoms with van der Waals surface area (Å²) in [5, 5.41) is 11.0. The molecule has 1 saturated heterocycles. The Bertz CT molecular complexity index is 153. The molecule has 0 aromatic carbocycles. The van der Waals surface area contributed by atoms with Crippen molar-refractivity contribution < 1.29 is 12.6 Å². The molecule has 3 atom stereocenters. The van der Waals surface area contributed by atoms with Crippen molar-refractivity contribution in [1.29, 1.82) is 0 Å². The summed E-state index contributed by atoms with van der Waals surface area (Å²) >= 11 is 0. The number of hydrogen-bond acceptors (Lipinski definition) is 2. The van der Waals surface area contributed by atoms with Crippen LogP contribution in [0, 0.1) is 0 Å². The van der Waals surface area contributed by atoms with Crippen molar-refractivity contribution in [3.63, 3.8) is 0 Å². The maximum atomic E-state index is 10.3. The molecule has 3 nitrogen and oxygen atoms in total. The molecule has 1 aliphatic rings. The zero-order valence-corrected chi connectivity index (χ0v) is 4.29. The van der Waals surface area contributed by atoms with Gasteiger partial charge in [-0.1, -0.05) is 0 Å². The van der Waals surface area contributed by atoms with Gasteiger partial charge in [0.05, 0.1) is 0 Å². The lowest BCUT2D eigenvalue weighted by atomic mass is 10.2. The summed E-state index contributed by atoms with van der Waals surface area (Å²) in [6, 6.07) is -0.845.